The van der Waals surface area contributed by atoms with Crippen molar-refractivity contribution in [2.75, 3.05) is 0 Å². The highest BCUT2D eigenvalue weighted by atomic mass is 35.5. The van der Waals surface area contributed by atoms with Crippen LogP contribution in [0.15, 0.2) is 18.2 Å². The van der Waals surface area contributed by atoms with Crippen LogP contribution >= 0.6 is 11.6 Å². The average molecular weight is 269 g/mol. The molecular formula is C12H10ClFN2O2. The van der Waals surface area contributed by atoms with Gasteiger partial charge in [-0.3, -0.25) is 4.57 Å². The second-order valence-corrected chi connectivity index (χ2v) is 4.24. The Hall–Kier alpha value is -1.88. The number of halogens is 2. The Labute approximate surface area is 108 Å². The number of rotatable bonds is 2. The molecule has 1 N–H and O–H groups in total. The predicted molar refractivity (Wildman–Crippen MR) is 65.0 cm³/mol. The number of hydrogen-bond acceptors (Lipinski definition) is 2. The molecule has 0 bridgehead atoms. The van der Waals surface area contributed by atoms with Gasteiger partial charge in [-0.1, -0.05) is 11.6 Å². The largest absolute Gasteiger partial charge is 0.477 e. The maximum atomic E-state index is 13.1. The van der Waals surface area contributed by atoms with Gasteiger partial charge in [-0.25, -0.2) is 14.2 Å². The Kier molecular flexibility index (Phi) is 3.09. The van der Waals surface area contributed by atoms with Crippen LogP contribution in [0.3, 0.4) is 0 Å². The summed E-state index contributed by atoms with van der Waals surface area (Å²) < 4.78 is 14.5. The summed E-state index contributed by atoms with van der Waals surface area (Å²) in [5, 5.41) is 9.12. The van der Waals surface area contributed by atoms with E-state index in [1.807, 2.05) is 0 Å². The van der Waals surface area contributed by atoms with Crippen LogP contribution in [0.5, 0.6) is 0 Å². The first-order chi connectivity index (χ1) is 8.41. The fourth-order valence-corrected chi connectivity index (χ4v) is 2.03. The number of aryl methyl sites for hydroxylation is 2. The molecule has 0 aliphatic heterocycles. The fourth-order valence-electron chi connectivity index (χ4n) is 1.86. The number of carboxylic acids is 1. The van der Waals surface area contributed by atoms with Gasteiger partial charge in [0.1, 0.15) is 11.6 Å². The Balaban J connectivity index is 2.70. The van der Waals surface area contributed by atoms with Crippen molar-refractivity contribution < 1.29 is 14.3 Å². The maximum Gasteiger partial charge on any atom is 0.354 e. The van der Waals surface area contributed by atoms with Crippen LogP contribution in [0.1, 0.15) is 22.0 Å². The summed E-state index contributed by atoms with van der Waals surface area (Å²) >= 11 is 5.70. The Morgan fingerprint density at radius 3 is 2.67 bits per heavy atom. The predicted octanol–water partition coefficient (Wildman–Crippen LogP) is 2.98. The molecule has 0 saturated carbocycles. The first-order valence-corrected chi connectivity index (χ1v) is 5.54. The van der Waals surface area contributed by atoms with Gasteiger partial charge in [-0.15, -0.1) is 0 Å². The van der Waals surface area contributed by atoms with Gasteiger partial charge in [-0.05, 0) is 32.0 Å². The minimum Gasteiger partial charge on any atom is -0.477 e. The standard InChI is InChI=1S/C12H10ClFN2O2/c1-6-11(12(17)18)16(7(2)15-6)8-3-4-10(14)9(13)5-8/h3-5H,1-2H3,(H,17,18). The quantitative estimate of drug-likeness (QED) is 0.911. The average Bonchev–Trinajstić information content (AvgIpc) is 2.57. The highest BCUT2D eigenvalue weighted by Crippen LogP contribution is 2.23. The molecule has 2 aromatic rings. The van der Waals surface area contributed by atoms with Gasteiger partial charge in [0.25, 0.3) is 0 Å². The Morgan fingerprint density at radius 2 is 2.11 bits per heavy atom. The molecule has 1 heterocycles. The number of benzene rings is 1. The number of imidazole rings is 1. The molecule has 1 aromatic heterocycles. The van der Waals surface area contributed by atoms with Gasteiger partial charge >= 0.3 is 5.97 Å². The second-order valence-electron chi connectivity index (χ2n) is 3.83. The van der Waals surface area contributed by atoms with E-state index >= 15 is 0 Å². The Morgan fingerprint density at radius 1 is 1.44 bits per heavy atom. The van der Waals surface area contributed by atoms with Crippen LogP contribution in [-0.2, 0) is 0 Å². The molecule has 0 unspecified atom stereocenters. The third-order valence-electron chi connectivity index (χ3n) is 2.58. The Bertz CT molecular complexity index is 637. The van der Waals surface area contributed by atoms with Gasteiger partial charge in [0.2, 0.25) is 0 Å². The van der Waals surface area contributed by atoms with Crippen LogP contribution in [0, 0.1) is 19.7 Å². The highest BCUT2D eigenvalue weighted by Gasteiger charge is 2.19. The van der Waals surface area contributed by atoms with Gasteiger partial charge in [0.05, 0.1) is 10.7 Å². The summed E-state index contributed by atoms with van der Waals surface area (Å²) in [5.41, 5.74) is 0.924. The van der Waals surface area contributed by atoms with Crippen LogP contribution in [-0.4, -0.2) is 20.6 Å². The van der Waals surface area contributed by atoms with Crippen molar-refractivity contribution in [3.8, 4) is 5.69 Å². The van der Waals surface area contributed by atoms with Crippen LogP contribution in [0.4, 0.5) is 4.39 Å². The summed E-state index contributed by atoms with van der Waals surface area (Å²) in [6.07, 6.45) is 0. The molecule has 0 spiro atoms. The molecule has 0 amide bonds. The van der Waals surface area contributed by atoms with Crippen molar-refractivity contribution in [3.05, 3.63) is 46.3 Å². The lowest BCUT2D eigenvalue weighted by Gasteiger charge is -2.08. The molecule has 2 rings (SSSR count). The summed E-state index contributed by atoms with van der Waals surface area (Å²) in [6.45, 7) is 3.29. The third-order valence-corrected chi connectivity index (χ3v) is 2.87. The lowest BCUT2D eigenvalue weighted by molar-refractivity contribution is 0.0687. The lowest BCUT2D eigenvalue weighted by atomic mass is 10.2. The molecule has 0 saturated heterocycles. The van der Waals surface area contributed by atoms with E-state index in [-0.39, 0.29) is 10.7 Å². The minimum atomic E-state index is -1.09. The van der Waals surface area contributed by atoms with E-state index in [2.05, 4.69) is 4.98 Å². The molecule has 0 fully saturated rings. The molecule has 18 heavy (non-hydrogen) atoms. The van der Waals surface area contributed by atoms with E-state index in [4.69, 9.17) is 11.6 Å². The second kappa shape index (κ2) is 4.42. The topological polar surface area (TPSA) is 55.1 Å². The summed E-state index contributed by atoms with van der Waals surface area (Å²) in [6, 6.07) is 4.03. The number of carbonyl (C=O) groups is 1. The summed E-state index contributed by atoms with van der Waals surface area (Å²) in [7, 11) is 0. The normalized spacial score (nSPS) is 10.7. The van der Waals surface area contributed by atoms with E-state index in [1.165, 1.54) is 22.8 Å². The minimum absolute atomic E-state index is 0.0511. The molecule has 0 aliphatic rings. The zero-order chi connectivity index (χ0) is 13.4. The smallest absolute Gasteiger partial charge is 0.354 e. The monoisotopic (exact) mass is 268 g/mol. The van der Waals surface area contributed by atoms with Gasteiger partial charge in [0, 0.05) is 5.69 Å². The van der Waals surface area contributed by atoms with Crippen molar-refractivity contribution in [1.82, 2.24) is 9.55 Å². The fraction of sp³-hybridized carbons (Fsp3) is 0.167. The molecule has 94 valence electrons. The maximum absolute atomic E-state index is 13.1. The van der Waals surface area contributed by atoms with Gasteiger partial charge < -0.3 is 5.11 Å². The molecule has 0 atom stereocenters. The van der Waals surface area contributed by atoms with E-state index in [0.717, 1.165) is 0 Å². The zero-order valence-corrected chi connectivity index (χ0v) is 10.5. The number of carboxylic acid groups (broad SMARTS) is 1. The number of aromatic carboxylic acids is 1. The van der Waals surface area contributed by atoms with Crippen molar-refractivity contribution in [1.29, 1.82) is 0 Å². The lowest BCUT2D eigenvalue weighted by Crippen LogP contribution is -2.09. The van der Waals surface area contributed by atoms with Crippen LogP contribution in [0.25, 0.3) is 5.69 Å². The van der Waals surface area contributed by atoms with Crippen molar-refractivity contribution >= 4 is 17.6 Å². The van der Waals surface area contributed by atoms with Crippen LogP contribution < -0.4 is 0 Å². The third kappa shape index (κ3) is 1.97. The number of nitrogens with zero attached hydrogens (tertiary/aromatic N) is 2. The van der Waals surface area contributed by atoms with Crippen molar-refractivity contribution in [3.63, 3.8) is 0 Å². The first kappa shape index (κ1) is 12.6. The molecule has 1 aromatic carbocycles. The van der Waals surface area contributed by atoms with Crippen molar-refractivity contribution in [2.45, 2.75) is 13.8 Å². The van der Waals surface area contributed by atoms with Gasteiger partial charge in [-0.2, -0.15) is 0 Å². The molecular weight excluding hydrogens is 259 g/mol. The molecule has 6 heteroatoms. The number of hydrogen-bond donors (Lipinski definition) is 1. The van der Waals surface area contributed by atoms with Gasteiger partial charge in [0.15, 0.2) is 5.69 Å². The molecule has 0 aliphatic carbocycles. The van der Waals surface area contributed by atoms with Crippen molar-refractivity contribution in [2.24, 2.45) is 0 Å². The van der Waals surface area contributed by atoms with E-state index in [9.17, 15) is 14.3 Å². The highest BCUT2D eigenvalue weighted by molar-refractivity contribution is 6.30. The number of aromatic nitrogens is 2. The first-order valence-electron chi connectivity index (χ1n) is 5.16. The SMILES string of the molecule is Cc1nc(C)n(-c2ccc(F)c(Cl)c2)c1C(=O)O. The van der Waals surface area contributed by atoms with Crippen LogP contribution in [0.2, 0.25) is 5.02 Å². The zero-order valence-electron chi connectivity index (χ0n) is 9.74. The summed E-state index contributed by atoms with van der Waals surface area (Å²) in [5.74, 6) is -1.13. The van der Waals surface area contributed by atoms with E-state index < -0.39 is 11.8 Å². The molecule has 4 nitrogen and oxygen atoms in total. The van der Waals surface area contributed by atoms with E-state index in [0.29, 0.717) is 17.2 Å². The van der Waals surface area contributed by atoms with E-state index in [1.54, 1.807) is 13.8 Å². The molecule has 0 radical (unpaired) electrons. The summed E-state index contributed by atoms with van der Waals surface area (Å²) in [4.78, 5) is 15.3.